The van der Waals surface area contributed by atoms with Gasteiger partial charge >= 0.3 is 12.1 Å². The largest absolute Gasteiger partial charge is 0.462 e. The molecule has 1 rings (SSSR count). The van der Waals surface area contributed by atoms with Crippen LogP contribution in [-0.4, -0.2) is 57.9 Å². The molecule has 5 N–H and O–H groups in total. The first-order valence-electron chi connectivity index (χ1n) is 15.4. The molecule has 0 spiro atoms. The maximum Gasteiger partial charge on any atom is 0.404 e. The van der Waals surface area contributed by atoms with Gasteiger partial charge in [0.1, 0.15) is 12.2 Å². The Hall–Kier alpha value is -2.42. The lowest BCUT2D eigenvalue weighted by Gasteiger charge is -2.36. The summed E-state index contributed by atoms with van der Waals surface area (Å²) < 4.78 is 10.9. The van der Waals surface area contributed by atoms with Crippen molar-refractivity contribution in [2.75, 3.05) is 0 Å². The van der Waals surface area contributed by atoms with Gasteiger partial charge in [-0.25, -0.2) is 4.79 Å². The molecule has 0 aromatic heterocycles. The Morgan fingerprint density at radius 2 is 1.64 bits per heavy atom. The summed E-state index contributed by atoms with van der Waals surface area (Å²) in [6, 6.07) is 0. The minimum absolute atomic E-state index is 0.0172. The normalized spacial score (nSPS) is 28.3. The molecule has 8 heteroatoms. The van der Waals surface area contributed by atoms with Crippen molar-refractivity contribution in [3.63, 3.8) is 0 Å². The van der Waals surface area contributed by atoms with Gasteiger partial charge in [-0.05, 0) is 38.0 Å². The number of aliphatic hydroxyl groups excluding tert-OH is 3. The summed E-state index contributed by atoms with van der Waals surface area (Å²) in [7, 11) is 0. The molecule has 42 heavy (non-hydrogen) atoms. The van der Waals surface area contributed by atoms with Gasteiger partial charge in [0.25, 0.3) is 0 Å². The number of esters is 1. The third kappa shape index (κ3) is 11.3. The minimum Gasteiger partial charge on any atom is -0.462 e. The number of hydrogen-bond donors (Lipinski definition) is 4. The first kappa shape index (κ1) is 37.6. The summed E-state index contributed by atoms with van der Waals surface area (Å²) in [6.07, 6.45) is 8.01. The number of rotatable bonds is 16. The fourth-order valence-corrected chi connectivity index (χ4v) is 5.97. The van der Waals surface area contributed by atoms with Crippen LogP contribution in [0, 0.1) is 47.3 Å². The Morgan fingerprint density at radius 1 is 1.02 bits per heavy atom. The van der Waals surface area contributed by atoms with Crippen LogP contribution < -0.4 is 5.73 Å². The van der Waals surface area contributed by atoms with E-state index in [2.05, 4.69) is 40.3 Å². The van der Waals surface area contributed by atoms with E-state index in [9.17, 15) is 24.9 Å². The molecule has 0 aromatic rings. The number of cyclic esters (lactones) is 1. The maximum atomic E-state index is 12.0. The number of ether oxygens (including phenoxy) is 2. The second-order valence-corrected chi connectivity index (χ2v) is 12.8. The van der Waals surface area contributed by atoms with E-state index in [1.807, 2.05) is 39.8 Å². The van der Waals surface area contributed by atoms with Crippen molar-refractivity contribution in [1.29, 1.82) is 0 Å². The van der Waals surface area contributed by atoms with Crippen molar-refractivity contribution in [2.24, 2.45) is 53.1 Å². The van der Waals surface area contributed by atoms with Crippen molar-refractivity contribution in [2.45, 2.75) is 106 Å². The second kappa shape index (κ2) is 17.6. The lowest BCUT2D eigenvalue weighted by Crippen LogP contribution is -2.47. The van der Waals surface area contributed by atoms with E-state index in [4.69, 9.17) is 15.2 Å². The number of primary amides is 1. The van der Waals surface area contributed by atoms with Crippen molar-refractivity contribution in [3.8, 4) is 0 Å². The first-order chi connectivity index (χ1) is 19.5. The molecule has 1 amide bonds. The molecule has 8 nitrogen and oxygen atoms in total. The van der Waals surface area contributed by atoms with Gasteiger partial charge in [-0.15, -0.1) is 0 Å². The smallest absolute Gasteiger partial charge is 0.404 e. The molecule has 0 bridgehead atoms. The van der Waals surface area contributed by atoms with E-state index >= 15 is 0 Å². The molecule has 8 unspecified atom stereocenters. The Morgan fingerprint density at radius 3 is 2.21 bits per heavy atom. The lowest BCUT2D eigenvalue weighted by molar-refractivity contribution is -0.179. The molecule has 0 saturated carbocycles. The van der Waals surface area contributed by atoms with E-state index in [1.54, 1.807) is 25.2 Å². The summed E-state index contributed by atoms with van der Waals surface area (Å²) >= 11 is 0. The molecular formula is C34H57NO7. The number of nitrogens with two attached hydrogens (primary N) is 1. The molecule has 13 atom stereocenters. The Labute approximate surface area is 253 Å². The first-order valence-corrected chi connectivity index (χ1v) is 15.4. The quantitative estimate of drug-likeness (QED) is 0.104. The average Bonchev–Trinajstić information content (AvgIpc) is 2.93. The minimum atomic E-state index is -0.866. The summed E-state index contributed by atoms with van der Waals surface area (Å²) in [6.45, 7) is 21.5. The number of carbonyl (C=O) groups excluding carboxylic acids is 2. The highest BCUT2D eigenvalue weighted by Crippen LogP contribution is 2.33. The van der Waals surface area contributed by atoms with Crippen molar-refractivity contribution >= 4 is 12.1 Å². The molecule has 1 heterocycles. The summed E-state index contributed by atoms with van der Waals surface area (Å²) in [5.74, 6) is -1.06. The molecule has 0 radical (unpaired) electrons. The zero-order valence-electron chi connectivity index (χ0n) is 27.1. The maximum absolute atomic E-state index is 12.0. The number of aliphatic hydroxyl groups is 3. The number of allylic oxidation sites excluding steroid dienone is 3. The Bertz CT molecular complexity index is 960. The Balaban J connectivity index is 2.76. The topological polar surface area (TPSA) is 139 Å². The van der Waals surface area contributed by atoms with Crippen LogP contribution in [0.1, 0.15) is 75.2 Å². The zero-order chi connectivity index (χ0) is 32.3. The van der Waals surface area contributed by atoms with Gasteiger partial charge in [0.05, 0.1) is 24.2 Å². The SMILES string of the molecule is C=C/C=C\[C@H](C)C(OC(N)=O)C(C)C(C)C(C)C/C(C)=C\C(C)C(O)[C@@H](C)/C=C\[C@@H](O)C[C@@H]1OC(=O)[C@H](C)C(O)C1C. The van der Waals surface area contributed by atoms with E-state index in [1.165, 1.54) is 0 Å². The summed E-state index contributed by atoms with van der Waals surface area (Å²) in [5, 5.41) is 31.8. The highest BCUT2D eigenvalue weighted by atomic mass is 16.6. The van der Waals surface area contributed by atoms with Gasteiger partial charge in [-0.2, -0.15) is 0 Å². The van der Waals surface area contributed by atoms with Gasteiger partial charge in [-0.3, -0.25) is 4.79 Å². The highest BCUT2D eigenvalue weighted by Gasteiger charge is 2.40. The lowest BCUT2D eigenvalue weighted by atomic mass is 9.76. The summed E-state index contributed by atoms with van der Waals surface area (Å²) in [4.78, 5) is 23.6. The van der Waals surface area contributed by atoms with Crippen LogP contribution in [0.4, 0.5) is 4.79 Å². The van der Waals surface area contributed by atoms with Crippen molar-refractivity contribution in [1.82, 2.24) is 0 Å². The van der Waals surface area contributed by atoms with Crippen LogP contribution in [0.25, 0.3) is 0 Å². The van der Waals surface area contributed by atoms with E-state index in [0.29, 0.717) is 5.92 Å². The third-order valence-electron chi connectivity index (χ3n) is 9.22. The fraction of sp³-hybridized carbons (Fsp3) is 0.706. The average molecular weight is 592 g/mol. The predicted molar refractivity (Wildman–Crippen MR) is 167 cm³/mol. The van der Waals surface area contributed by atoms with Gasteiger partial charge in [0.15, 0.2) is 0 Å². The van der Waals surface area contributed by atoms with Gasteiger partial charge in [0, 0.05) is 30.1 Å². The third-order valence-corrected chi connectivity index (χ3v) is 9.22. The van der Waals surface area contributed by atoms with Gasteiger partial charge in [-0.1, -0.05) is 97.1 Å². The highest BCUT2D eigenvalue weighted by molar-refractivity contribution is 5.73. The van der Waals surface area contributed by atoms with Gasteiger partial charge < -0.3 is 30.5 Å². The fourth-order valence-electron chi connectivity index (χ4n) is 5.97. The number of amides is 1. The van der Waals surface area contributed by atoms with E-state index in [-0.39, 0.29) is 48.0 Å². The summed E-state index contributed by atoms with van der Waals surface area (Å²) in [5.41, 5.74) is 6.54. The van der Waals surface area contributed by atoms with Crippen LogP contribution in [0.15, 0.2) is 48.6 Å². The number of carbonyl (C=O) groups is 2. The Kier molecular flexibility index (Phi) is 15.8. The standard InChI is InChI=1S/C34H57NO7/c1-11-12-13-21(4)32(42-34(35)40)25(8)24(7)22(5)16-19(2)17-23(6)30(37)20(3)14-15-28(36)18-29-26(9)31(38)27(10)33(39)41-29/h11-15,17,20-32,36-38H,1,16,18H2,2-10H3,(H2,35,40)/b13-12-,15-14-,19-17-/t20-,21-,22?,23?,24?,25?,26?,27+,28+,29-,30?,31?,32?/m0/s1. The molecule has 0 aromatic carbocycles. The van der Waals surface area contributed by atoms with Crippen LogP contribution in [0.2, 0.25) is 0 Å². The van der Waals surface area contributed by atoms with Crippen LogP contribution >= 0.6 is 0 Å². The van der Waals surface area contributed by atoms with E-state index in [0.717, 1.165) is 12.0 Å². The molecule has 1 saturated heterocycles. The molecule has 1 aliphatic rings. The van der Waals surface area contributed by atoms with Gasteiger partial charge in [0.2, 0.25) is 0 Å². The monoisotopic (exact) mass is 591 g/mol. The molecule has 1 fully saturated rings. The number of hydrogen-bond acceptors (Lipinski definition) is 7. The van der Waals surface area contributed by atoms with Crippen molar-refractivity contribution < 1.29 is 34.4 Å². The van der Waals surface area contributed by atoms with Crippen LogP contribution in [-0.2, 0) is 14.3 Å². The van der Waals surface area contributed by atoms with E-state index < -0.39 is 42.4 Å². The molecule has 1 aliphatic heterocycles. The second-order valence-electron chi connectivity index (χ2n) is 12.8. The van der Waals surface area contributed by atoms with Crippen molar-refractivity contribution in [3.05, 3.63) is 48.6 Å². The predicted octanol–water partition coefficient (Wildman–Crippen LogP) is 5.57. The molecule has 240 valence electrons. The zero-order valence-corrected chi connectivity index (χ0v) is 27.1. The molecular weight excluding hydrogens is 534 g/mol. The molecule has 0 aliphatic carbocycles. The van der Waals surface area contributed by atoms with Crippen LogP contribution in [0.3, 0.4) is 0 Å². The van der Waals surface area contributed by atoms with Crippen LogP contribution in [0.5, 0.6) is 0 Å².